The van der Waals surface area contributed by atoms with E-state index < -0.39 is 0 Å². The SMILES string of the molecule is COc1nccc(CNC2CCCC23CCOCC3)n1. The minimum atomic E-state index is 0.441. The first-order valence-corrected chi connectivity index (χ1v) is 7.49. The fourth-order valence-corrected chi connectivity index (χ4v) is 3.63. The Hall–Kier alpha value is -1.20. The molecule has 0 bridgehead atoms. The maximum Gasteiger partial charge on any atom is 0.316 e. The summed E-state index contributed by atoms with van der Waals surface area (Å²) in [5, 5.41) is 3.71. The largest absolute Gasteiger partial charge is 0.467 e. The lowest BCUT2D eigenvalue weighted by Gasteiger charge is -2.39. The molecule has 1 N–H and O–H groups in total. The van der Waals surface area contributed by atoms with E-state index in [1.165, 1.54) is 32.1 Å². The molecule has 1 aliphatic carbocycles. The normalized spacial score (nSPS) is 24.9. The van der Waals surface area contributed by atoms with Crippen LogP contribution in [0.1, 0.15) is 37.8 Å². The summed E-state index contributed by atoms with van der Waals surface area (Å²) in [6.07, 6.45) is 8.06. The van der Waals surface area contributed by atoms with E-state index in [1.54, 1.807) is 13.3 Å². The summed E-state index contributed by atoms with van der Waals surface area (Å²) in [5.74, 6) is 0. The number of aromatic nitrogens is 2. The lowest BCUT2D eigenvalue weighted by atomic mass is 9.75. The molecule has 1 saturated carbocycles. The van der Waals surface area contributed by atoms with Crippen molar-refractivity contribution in [1.29, 1.82) is 0 Å². The summed E-state index contributed by atoms with van der Waals surface area (Å²) in [5.41, 5.74) is 1.45. The number of nitrogens with zero attached hydrogens (tertiary/aromatic N) is 2. The average Bonchev–Trinajstić information content (AvgIpc) is 2.88. The molecule has 110 valence electrons. The number of hydrogen-bond donors (Lipinski definition) is 1. The number of methoxy groups -OCH3 is 1. The topological polar surface area (TPSA) is 56.3 Å². The minimum absolute atomic E-state index is 0.441. The Bertz CT molecular complexity index is 446. The van der Waals surface area contributed by atoms with Gasteiger partial charge >= 0.3 is 6.01 Å². The summed E-state index contributed by atoms with van der Waals surface area (Å²) in [7, 11) is 1.60. The maximum atomic E-state index is 5.53. The monoisotopic (exact) mass is 277 g/mol. The predicted molar refractivity (Wildman–Crippen MR) is 75.5 cm³/mol. The van der Waals surface area contributed by atoms with Gasteiger partial charge in [0.25, 0.3) is 0 Å². The molecule has 1 unspecified atom stereocenters. The lowest BCUT2D eigenvalue weighted by Crippen LogP contribution is -2.44. The molecule has 20 heavy (non-hydrogen) atoms. The van der Waals surface area contributed by atoms with Crippen molar-refractivity contribution in [2.75, 3.05) is 20.3 Å². The first-order chi connectivity index (χ1) is 9.82. The van der Waals surface area contributed by atoms with Crippen molar-refractivity contribution in [2.24, 2.45) is 5.41 Å². The molecule has 1 aromatic heterocycles. The van der Waals surface area contributed by atoms with E-state index in [0.717, 1.165) is 25.5 Å². The van der Waals surface area contributed by atoms with Crippen LogP contribution in [0, 0.1) is 5.41 Å². The van der Waals surface area contributed by atoms with E-state index in [9.17, 15) is 0 Å². The van der Waals surface area contributed by atoms with Crippen LogP contribution in [0.25, 0.3) is 0 Å². The Labute approximate surface area is 120 Å². The van der Waals surface area contributed by atoms with Gasteiger partial charge in [-0.15, -0.1) is 0 Å². The highest BCUT2D eigenvalue weighted by Crippen LogP contribution is 2.46. The molecule has 3 rings (SSSR count). The van der Waals surface area contributed by atoms with Crippen LogP contribution >= 0.6 is 0 Å². The third kappa shape index (κ3) is 2.79. The molecule has 2 heterocycles. The van der Waals surface area contributed by atoms with E-state index >= 15 is 0 Å². The van der Waals surface area contributed by atoms with Crippen molar-refractivity contribution < 1.29 is 9.47 Å². The van der Waals surface area contributed by atoms with Crippen LogP contribution in [-0.2, 0) is 11.3 Å². The molecule has 1 saturated heterocycles. The Morgan fingerprint density at radius 1 is 1.40 bits per heavy atom. The zero-order chi connectivity index (χ0) is 13.8. The summed E-state index contributed by atoms with van der Waals surface area (Å²) in [6.45, 7) is 2.62. The molecule has 1 aromatic rings. The van der Waals surface area contributed by atoms with Gasteiger partial charge in [0.2, 0.25) is 0 Å². The van der Waals surface area contributed by atoms with Gasteiger partial charge in [-0.1, -0.05) is 6.42 Å². The lowest BCUT2D eigenvalue weighted by molar-refractivity contribution is 0.00410. The summed E-state index contributed by atoms with van der Waals surface area (Å²) in [6, 6.07) is 2.98. The third-order valence-corrected chi connectivity index (χ3v) is 4.80. The number of ether oxygens (including phenoxy) is 2. The smallest absolute Gasteiger partial charge is 0.316 e. The van der Waals surface area contributed by atoms with Crippen LogP contribution in [0.4, 0.5) is 0 Å². The van der Waals surface area contributed by atoms with E-state index in [1.807, 2.05) is 6.07 Å². The number of hydrogen-bond acceptors (Lipinski definition) is 5. The van der Waals surface area contributed by atoms with Crippen molar-refractivity contribution in [3.8, 4) is 6.01 Å². The molecule has 2 fully saturated rings. The molecule has 1 atom stereocenters. The molecular formula is C15H23N3O2. The first kappa shape index (κ1) is 13.8. The van der Waals surface area contributed by atoms with Gasteiger partial charge in [0.1, 0.15) is 0 Å². The molecule has 0 aromatic carbocycles. The summed E-state index contributed by atoms with van der Waals surface area (Å²) in [4.78, 5) is 8.41. The second kappa shape index (κ2) is 6.06. The zero-order valence-corrected chi connectivity index (χ0v) is 12.1. The molecule has 5 nitrogen and oxygen atoms in total. The molecule has 5 heteroatoms. The third-order valence-electron chi connectivity index (χ3n) is 4.80. The van der Waals surface area contributed by atoms with E-state index in [-0.39, 0.29) is 0 Å². The number of rotatable bonds is 4. The molecule has 1 spiro atoms. The highest BCUT2D eigenvalue weighted by Gasteiger charge is 2.43. The van der Waals surface area contributed by atoms with Crippen molar-refractivity contribution in [1.82, 2.24) is 15.3 Å². The molecular weight excluding hydrogens is 254 g/mol. The fraction of sp³-hybridized carbons (Fsp3) is 0.733. The van der Waals surface area contributed by atoms with Gasteiger partial charge in [-0.05, 0) is 37.2 Å². The van der Waals surface area contributed by atoms with Gasteiger partial charge in [0.15, 0.2) is 0 Å². The van der Waals surface area contributed by atoms with Crippen LogP contribution < -0.4 is 10.1 Å². The van der Waals surface area contributed by atoms with Gasteiger partial charge in [-0.25, -0.2) is 4.98 Å². The van der Waals surface area contributed by atoms with Crippen LogP contribution in [0.5, 0.6) is 6.01 Å². The highest BCUT2D eigenvalue weighted by atomic mass is 16.5. The van der Waals surface area contributed by atoms with E-state index in [0.29, 0.717) is 17.5 Å². The minimum Gasteiger partial charge on any atom is -0.467 e. The Morgan fingerprint density at radius 2 is 2.25 bits per heavy atom. The van der Waals surface area contributed by atoms with Crippen LogP contribution in [-0.4, -0.2) is 36.3 Å². The molecule has 0 amide bonds. The van der Waals surface area contributed by atoms with Gasteiger partial charge in [-0.3, -0.25) is 0 Å². The van der Waals surface area contributed by atoms with Gasteiger partial charge in [-0.2, -0.15) is 4.98 Å². The summed E-state index contributed by atoms with van der Waals surface area (Å²) < 4.78 is 10.6. The first-order valence-electron chi connectivity index (χ1n) is 7.49. The predicted octanol–water partition coefficient (Wildman–Crippen LogP) is 1.92. The van der Waals surface area contributed by atoms with Gasteiger partial charge in [0.05, 0.1) is 12.8 Å². The molecule has 2 aliphatic rings. The van der Waals surface area contributed by atoms with Crippen molar-refractivity contribution in [2.45, 2.75) is 44.7 Å². The summed E-state index contributed by atoms with van der Waals surface area (Å²) >= 11 is 0. The van der Waals surface area contributed by atoms with Crippen molar-refractivity contribution in [3.05, 3.63) is 18.0 Å². The van der Waals surface area contributed by atoms with Gasteiger partial charge < -0.3 is 14.8 Å². The van der Waals surface area contributed by atoms with Crippen LogP contribution in [0.2, 0.25) is 0 Å². The number of nitrogens with one attached hydrogen (secondary N) is 1. The second-order valence-electron chi connectivity index (χ2n) is 5.84. The Morgan fingerprint density at radius 3 is 3.05 bits per heavy atom. The van der Waals surface area contributed by atoms with Crippen LogP contribution in [0.3, 0.4) is 0 Å². The quantitative estimate of drug-likeness (QED) is 0.911. The van der Waals surface area contributed by atoms with E-state index in [2.05, 4.69) is 15.3 Å². The van der Waals surface area contributed by atoms with Crippen LogP contribution in [0.15, 0.2) is 12.3 Å². The maximum absolute atomic E-state index is 5.53. The van der Waals surface area contributed by atoms with Crippen molar-refractivity contribution >= 4 is 0 Å². The van der Waals surface area contributed by atoms with Crippen molar-refractivity contribution in [3.63, 3.8) is 0 Å². The standard InChI is InChI=1S/C15H23N3O2/c1-19-14-16-8-4-12(18-14)11-17-13-3-2-5-15(13)6-9-20-10-7-15/h4,8,13,17H,2-3,5-7,9-11H2,1H3. The molecule has 1 aliphatic heterocycles. The molecule has 0 radical (unpaired) electrons. The second-order valence-corrected chi connectivity index (χ2v) is 5.84. The Balaban J connectivity index is 1.62. The van der Waals surface area contributed by atoms with Gasteiger partial charge in [0, 0.05) is 32.0 Å². The zero-order valence-electron chi connectivity index (χ0n) is 12.1. The average molecular weight is 277 g/mol. The van der Waals surface area contributed by atoms with E-state index in [4.69, 9.17) is 9.47 Å². The highest BCUT2D eigenvalue weighted by molar-refractivity contribution is 5.06. The Kier molecular flexibility index (Phi) is 4.17. The fourth-order valence-electron chi connectivity index (χ4n) is 3.63.